The third kappa shape index (κ3) is 3.55. The first-order valence-corrected chi connectivity index (χ1v) is 6.26. The lowest BCUT2D eigenvalue weighted by atomic mass is 10.1. The van der Waals surface area contributed by atoms with Gasteiger partial charge in [-0.05, 0) is 26.0 Å². The highest BCUT2D eigenvalue weighted by Crippen LogP contribution is 2.13. The Kier molecular flexibility index (Phi) is 3.60. The van der Waals surface area contributed by atoms with Gasteiger partial charge in [-0.25, -0.2) is 13.6 Å². The van der Waals surface area contributed by atoms with E-state index in [0.29, 0.717) is 0 Å². The van der Waals surface area contributed by atoms with Crippen molar-refractivity contribution in [2.75, 3.05) is 6.61 Å². The predicted molar refractivity (Wildman–Crippen MR) is 58.7 cm³/mol. The molecule has 1 heterocycles. The molecule has 4 N–H and O–H groups in total. The topological polar surface area (TPSA) is 123 Å². The van der Waals surface area contributed by atoms with Crippen LogP contribution in [0.15, 0.2) is 21.6 Å². The number of primary sulfonamides is 1. The molecule has 1 amide bonds. The lowest BCUT2D eigenvalue weighted by Gasteiger charge is -2.22. The number of carbonyl (C=O) groups is 1. The first-order valence-electron chi connectivity index (χ1n) is 4.72. The number of amides is 1. The Balaban J connectivity index is 2.89. The molecule has 0 aliphatic heterocycles. The van der Waals surface area contributed by atoms with E-state index in [2.05, 4.69) is 5.32 Å². The summed E-state index contributed by atoms with van der Waals surface area (Å²) in [4.78, 5) is 11.6. The molecule has 7 nitrogen and oxygen atoms in total. The van der Waals surface area contributed by atoms with Crippen molar-refractivity contribution in [3.8, 4) is 0 Å². The molecule has 0 bridgehead atoms. The van der Waals surface area contributed by atoms with Gasteiger partial charge < -0.3 is 14.8 Å². The van der Waals surface area contributed by atoms with Crippen molar-refractivity contribution in [3.63, 3.8) is 0 Å². The van der Waals surface area contributed by atoms with Gasteiger partial charge in [0.05, 0.1) is 12.1 Å². The molecule has 1 rings (SSSR count). The maximum absolute atomic E-state index is 11.6. The van der Waals surface area contributed by atoms with Gasteiger partial charge in [0.1, 0.15) is 0 Å². The van der Waals surface area contributed by atoms with E-state index >= 15 is 0 Å². The van der Waals surface area contributed by atoms with Crippen LogP contribution in [-0.4, -0.2) is 31.6 Å². The number of aliphatic hydroxyl groups excluding tert-OH is 1. The smallest absolute Gasteiger partial charge is 0.287 e. The summed E-state index contributed by atoms with van der Waals surface area (Å²) in [5, 5.41) is 15.8. The van der Waals surface area contributed by atoms with Gasteiger partial charge in [0.2, 0.25) is 5.09 Å². The summed E-state index contributed by atoms with van der Waals surface area (Å²) in [5.41, 5.74) is -0.828. The molecule has 0 radical (unpaired) electrons. The van der Waals surface area contributed by atoms with E-state index in [-0.39, 0.29) is 12.4 Å². The zero-order valence-electron chi connectivity index (χ0n) is 9.43. The van der Waals surface area contributed by atoms with Crippen LogP contribution < -0.4 is 10.5 Å². The second-order valence-electron chi connectivity index (χ2n) is 4.16. The third-order valence-electron chi connectivity index (χ3n) is 1.93. The standard InChI is InChI=1S/C9H14N2O5S/c1-9(2,5-12)11-8(13)6-3-4-7(16-6)17(10,14)15/h3-4,12H,5H2,1-2H3,(H,11,13)(H2,10,14,15). The highest BCUT2D eigenvalue weighted by molar-refractivity contribution is 7.89. The first-order chi connectivity index (χ1) is 7.65. The molecule has 8 heteroatoms. The molecule has 0 fully saturated rings. The summed E-state index contributed by atoms with van der Waals surface area (Å²) >= 11 is 0. The number of sulfonamides is 1. The van der Waals surface area contributed by atoms with Crippen LogP contribution in [0.1, 0.15) is 24.4 Å². The van der Waals surface area contributed by atoms with Crippen molar-refractivity contribution in [1.82, 2.24) is 5.32 Å². The number of hydrogen-bond acceptors (Lipinski definition) is 5. The van der Waals surface area contributed by atoms with E-state index in [9.17, 15) is 13.2 Å². The van der Waals surface area contributed by atoms with Gasteiger partial charge in [0, 0.05) is 0 Å². The number of rotatable bonds is 4. The van der Waals surface area contributed by atoms with Gasteiger partial charge in [-0.3, -0.25) is 4.79 Å². The second-order valence-corrected chi connectivity index (χ2v) is 5.65. The molecule has 17 heavy (non-hydrogen) atoms. The van der Waals surface area contributed by atoms with E-state index in [1.807, 2.05) is 0 Å². The minimum atomic E-state index is -3.96. The molecule has 96 valence electrons. The average molecular weight is 262 g/mol. The maximum atomic E-state index is 11.6. The van der Waals surface area contributed by atoms with Crippen LogP contribution in [0.4, 0.5) is 0 Å². The number of carbonyl (C=O) groups excluding carboxylic acids is 1. The monoisotopic (exact) mass is 262 g/mol. The number of furan rings is 1. The van der Waals surface area contributed by atoms with E-state index in [1.54, 1.807) is 13.8 Å². The third-order valence-corrected chi connectivity index (χ3v) is 2.71. The lowest BCUT2D eigenvalue weighted by molar-refractivity contribution is 0.0836. The van der Waals surface area contributed by atoms with Crippen LogP contribution >= 0.6 is 0 Å². The molecular weight excluding hydrogens is 248 g/mol. The molecule has 0 atom stereocenters. The number of aliphatic hydroxyl groups is 1. The quantitative estimate of drug-likeness (QED) is 0.670. The normalized spacial score (nSPS) is 12.5. The van der Waals surface area contributed by atoms with E-state index < -0.39 is 26.6 Å². The summed E-state index contributed by atoms with van der Waals surface area (Å²) < 4.78 is 26.6. The van der Waals surface area contributed by atoms with Gasteiger partial charge in [-0.15, -0.1) is 0 Å². The number of hydrogen-bond donors (Lipinski definition) is 3. The molecule has 0 spiro atoms. The van der Waals surface area contributed by atoms with Crippen molar-refractivity contribution in [2.24, 2.45) is 5.14 Å². The van der Waals surface area contributed by atoms with Crippen molar-refractivity contribution in [3.05, 3.63) is 17.9 Å². The van der Waals surface area contributed by atoms with Crippen molar-refractivity contribution >= 4 is 15.9 Å². The predicted octanol–water partition coefficient (Wildman–Crippen LogP) is -0.572. The molecule has 0 aliphatic carbocycles. The minimum absolute atomic E-state index is 0.185. The molecule has 0 aromatic carbocycles. The van der Waals surface area contributed by atoms with Crippen molar-refractivity contribution < 1.29 is 22.7 Å². The molecule has 0 saturated carbocycles. The van der Waals surface area contributed by atoms with Gasteiger partial charge >= 0.3 is 0 Å². The average Bonchev–Trinajstić information content (AvgIpc) is 2.65. The minimum Gasteiger partial charge on any atom is -0.438 e. The largest absolute Gasteiger partial charge is 0.438 e. The molecular formula is C9H14N2O5S. The van der Waals surface area contributed by atoms with Gasteiger partial charge in [0.25, 0.3) is 15.9 Å². The Hall–Kier alpha value is -1.38. The number of nitrogens with one attached hydrogen (secondary N) is 1. The Labute approximate surface area is 98.7 Å². The van der Waals surface area contributed by atoms with Crippen LogP contribution in [-0.2, 0) is 10.0 Å². The summed E-state index contributed by atoms with van der Waals surface area (Å²) in [6, 6.07) is 2.29. The molecule has 0 unspecified atom stereocenters. The van der Waals surface area contributed by atoms with E-state index in [0.717, 1.165) is 6.07 Å². The fourth-order valence-electron chi connectivity index (χ4n) is 1.00. The first kappa shape index (κ1) is 13.7. The van der Waals surface area contributed by atoms with Crippen LogP contribution in [0.2, 0.25) is 0 Å². The highest BCUT2D eigenvalue weighted by atomic mass is 32.2. The summed E-state index contributed by atoms with van der Waals surface area (Å²) in [6.45, 7) is 2.95. The molecule has 0 aliphatic rings. The SMILES string of the molecule is CC(C)(CO)NC(=O)c1ccc(S(N)(=O)=O)o1. The fourth-order valence-corrected chi connectivity index (χ4v) is 1.47. The fraction of sp³-hybridized carbons (Fsp3) is 0.444. The Bertz CT molecular complexity index is 517. The lowest BCUT2D eigenvalue weighted by Crippen LogP contribution is -2.46. The van der Waals surface area contributed by atoms with Crippen LogP contribution in [0, 0.1) is 0 Å². The second kappa shape index (κ2) is 4.47. The van der Waals surface area contributed by atoms with Gasteiger partial charge in [-0.1, -0.05) is 0 Å². The zero-order valence-corrected chi connectivity index (χ0v) is 10.2. The molecule has 0 saturated heterocycles. The molecule has 1 aromatic rings. The summed E-state index contributed by atoms with van der Waals surface area (Å²) in [6.07, 6.45) is 0. The highest BCUT2D eigenvalue weighted by Gasteiger charge is 2.23. The van der Waals surface area contributed by atoms with Crippen LogP contribution in [0.25, 0.3) is 0 Å². The maximum Gasteiger partial charge on any atom is 0.287 e. The number of nitrogens with two attached hydrogens (primary N) is 1. The van der Waals surface area contributed by atoms with Gasteiger partial charge in [0.15, 0.2) is 5.76 Å². The van der Waals surface area contributed by atoms with Crippen molar-refractivity contribution in [1.29, 1.82) is 0 Å². The summed E-state index contributed by atoms with van der Waals surface area (Å²) in [7, 11) is -3.96. The Morgan fingerprint density at radius 2 is 2.12 bits per heavy atom. The van der Waals surface area contributed by atoms with Gasteiger partial charge in [-0.2, -0.15) is 0 Å². The molecule has 1 aromatic heterocycles. The Morgan fingerprint density at radius 1 is 1.53 bits per heavy atom. The van der Waals surface area contributed by atoms with E-state index in [1.165, 1.54) is 6.07 Å². The zero-order chi connectivity index (χ0) is 13.3. The Morgan fingerprint density at radius 3 is 2.53 bits per heavy atom. The summed E-state index contributed by atoms with van der Waals surface area (Å²) in [5.74, 6) is -0.811. The van der Waals surface area contributed by atoms with E-state index in [4.69, 9.17) is 14.7 Å². The van der Waals surface area contributed by atoms with Crippen LogP contribution in [0.3, 0.4) is 0 Å². The van der Waals surface area contributed by atoms with Crippen LogP contribution in [0.5, 0.6) is 0 Å². The van der Waals surface area contributed by atoms with Crippen molar-refractivity contribution in [2.45, 2.75) is 24.5 Å².